The van der Waals surface area contributed by atoms with E-state index in [2.05, 4.69) is 4.98 Å². The Morgan fingerprint density at radius 3 is 2.65 bits per heavy atom. The van der Waals surface area contributed by atoms with Crippen LogP contribution in [0.25, 0.3) is 11.0 Å². The molecule has 0 radical (unpaired) electrons. The van der Waals surface area contributed by atoms with E-state index < -0.39 is 10.8 Å². The molecule has 3 rings (SSSR count). The molecule has 7 nitrogen and oxygen atoms in total. The van der Waals surface area contributed by atoms with Crippen LogP contribution in [0.15, 0.2) is 42.5 Å². The van der Waals surface area contributed by atoms with E-state index in [9.17, 15) is 14.9 Å². The number of aryl methyl sites for hydroxylation is 2. The molecule has 1 heterocycles. The number of carbonyl (C=O) groups excluding carboxylic acids is 1. The number of nitro groups is 1. The molecule has 3 aromatic rings. The number of rotatable bonds is 5. The second-order valence-corrected chi connectivity index (χ2v) is 6.15. The van der Waals surface area contributed by atoms with Crippen LogP contribution in [0.4, 0.5) is 5.69 Å². The van der Waals surface area contributed by atoms with E-state index in [0.717, 1.165) is 23.4 Å². The number of hydrogen-bond donors (Lipinski definition) is 0. The summed E-state index contributed by atoms with van der Waals surface area (Å²) in [5.41, 5.74) is 2.29. The van der Waals surface area contributed by atoms with Gasteiger partial charge in [-0.2, -0.15) is 0 Å². The molecule has 7 heteroatoms. The molecule has 0 saturated carbocycles. The van der Waals surface area contributed by atoms with Crippen molar-refractivity contribution in [2.75, 3.05) is 7.05 Å². The van der Waals surface area contributed by atoms with Gasteiger partial charge in [0.2, 0.25) is 0 Å². The van der Waals surface area contributed by atoms with Crippen LogP contribution in [0, 0.1) is 17.0 Å². The van der Waals surface area contributed by atoms with Crippen LogP contribution in [0.1, 0.15) is 28.7 Å². The van der Waals surface area contributed by atoms with Crippen LogP contribution in [-0.2, 0) is 13.1 Å². The number of fused-ring (bicyclic) bond motifs is 1. The Hall–Kier alpha value is -3.22. The van der Waals surface area contributed by atoms with Crippen LogP contribution < -0.4 is 0 Å². The van der Waals surface area contributed by atoms with Crippen molar-refractivity contribution in [1.82, 2.24) is 14.5 Å². The topological polar surface area (TPSA) is 81.3 Å². The average Bonchev–Trinajstić information content (AvgIpc) is 2.97. The minimum atomic E-state index is -0.502. The molecule has 0 N–H and O–H groups in total. The normalized spacial score (nSPS) is 10.9. The Bertz CT molecular complexity index is 994. The van der Waals surface area contributed by atoms with E-state index in [1.165, 1.54) is 11.0 Å². The van der Waals surface area contributed by atoms with Crippen molar-refractivity contribution in [3.05, 3.63) is 69.5 Å². The number of benzene rings is 2. The zero-order valence-corrected chi connectivity index (χ0v) is 15.0. The number of amides is 1. The fourth-order valence-electron chi connectivity index (χ4n) is 3.16. The van der Waals surface area contributed by atoms with E-state index >= 15 is 0 Å². The van der Waals surface area contributed by atoms with Gasteiger partial charge in [0.1, 0.15) is 11.4 Å². The summed E-state index contributed by atoms with van der Waals surface area (Å²) >= 11 is 0. The highest BCUT2D eigenvalue weighted by molar-refractivity contribution is 5.98. The highest BCUT2D eigenvalue weighted by Crippen LogP contribution is 2.25. The second kappa shape index (κ2) is 6.95. The molecule has 26 heavy (non-hydrogen) atoms. The van der Waals surface area contributed by atoms with Crippen molar-refractivity contribution < 1.29 is 9.72 Å². The summed E-state index contributed by atoms with van der Waals surface area (Å²) in [6, 6.07) is 12.6. The lowest BCUT2D eigenvalue weighted by Gasteiger charge is -2.18. The van der Waals surface area contributed by atoms with Crippen LogP contribution >= 0.6 is 0 Å². The summed E-state index contributed by atoms with van der Waals surface area (Å²) in [4.78, 5) is 29.8. The third kappa shape index (κ3) is 3.03. The molecule has 0 aliphatic rings. The van der Waals surface area contributed by atoms with E-state index in [0.29, 0.717) is 5.56 Å². The van der Waals surface area contributed by atoms with Crippen LogP contribution in [0.3, 0.4) is 0 Å². The fraction of sp³-hybridized carbons (Fsp3) is 0.263. The molecule has 0 aliphatic heterocycles. The summed E-state index contributed by atoms with van der Waals surface area (Å²) in [6.45, 7) is 4.64. The van der Waals surface area contributed by atoms with E-state index in [1.54, 1.807) is 26.1 Å². The van der Waals surface area contributed by atoms with E-state index in [-0.39, 0.29) is 17.8 Å². The zero-order valence-electron chi connectivity index (χ0n) is 15.0. The number of aromatic nitrogens is 2. The van der Waals surface area contributed by atoms with Gasteiger partial charge in [-0.05, 0) is 32.0 Å². The Kier molecular flexibility index (Phi) is 4.71. The molecular weight excluding hydrogens is 332 g/mol. The first kappa shape index (κ1) is 17.6. The molecule has 134 valence electrons. The first-order chi connectivity index (χ1) is 12.4. The van der Waals surface area contributed by atoms with Gasteiger partial charge in [0.15, 0.2) is 0 Å². The van der Waals surface area contributed by atoms with Gasteiger partial charge >= 0.3 is 0 Å². The van der Waals surface area contributed by atoms with Crippen LogP contribution in [0.2, 0.25) is 0 Å². The predicted molar refractivity (Wildman–Crippen MR) is 99.0 cm³/mol. The fourth-order valence-corrected chi connectivity index (χ4v) is 3.16. The lowest BCUT2D eigenvalue weighted by Crippen LogP contribution is -2.28. The Labute approximate surface area is 151 Å². The second-order valence-electron chi connectivity index (χ2n) is 6.15. The summed E-state index contributed by atoms with van der Waals surface area (Å²) < 4.78 is 2.05. The van der Waals surface area contributed by atoms with E-state index in [1.807, 2.05) is 35.8 Å². The van der Waals surface area contributed by atoms with Gasteiger partial charge in [0, 0.05) is 19.2 Å². The molecule has 0 unspecified atom stereocenters. The zero-order chi connectivity index (χ0) is 18.8. The third-order valence-electron chi connectivity index (χ3n) is 4.43. The molecule has 0 atom stereocenters. The van der Waals surface area contributed by atoms with Crippen molar-refractivity contribution in [3.8, 4) is 0 Å². The first-order valence-electron chi connectivity index (χ1n) is 8.37. The van der Waals surface area contributed by atoms with Gasteiger partial charge in [0.05, 0.1) is 22.5 Å². The van der Waals surface area contributed by atoms with Gasteiger partial charge in [0.25, 0.3) is 11.6 Å². The average molecular weight is 352 g/mol. The maximum Gasteiger partial charge on any atom is 0.285 e. The summed E-state index contributed by atoms with van der Waals surface area (Å²) in [6.07, 6.45) is 0. The molecule has 0 aliphatic carbocycles. The smallest absolute Gasteiger partial charge is 0.285 e. The number of nitrogens with zero attached hydrogens (tertiary/aromatic N) is 4. The lowest BCUT2D eigenvalue weighted by molar-refractivity contribution is -0.385. The number of carbonyl (C=O) groups is 1. The number of hydrogen-bond acceptors (Lipinski definition) is 4. The molecule has 0 spiro atoms. The minimum Gasteiger partial charge on any atom is -0.334 e. The molecule has 1 amide bonds. The van der Waals surface area contributed by atoms with Crippen molar-refractivity contribution >= 4 is 22.6 Å². The quantitative estimate of drug-likeness (QED) is 0.519. The highest BCUT2D eigenvalue weighted by Gasteiger charge is 2.25. The predicted octanol–water partition coefficient (Wildman–Crippen LogP) is 3.55. The van der Waals surface area contributed by atoms with Gasteiger partial charge in [-0.3, -0.25) is 14.9 Å². The van der Waals surface area contributed by atoms with Gasteiger partial charge in [-0.1, -0.05) is 24.3 Å². The summed E-state index contributed by atoms with van der Waals surface area (Å²) in [5, 5.41) is 11.4. The van der Waals surface area contributed by atoms with Crippen molar-refractivity contribution in [2.24, 2.45) is 0 Å². The molecule has 1 aromatic heterocycles. The van der Waals surface area contributed by atoms with Crippen molar-refractivity contribution in [1.29, 1.82) is 0 Å². The Morgan fingerprint density at radius 2 is 1.96 bits per heavy atom. The monoisotopic (exact) mass is 352 g/mol. The van der Waals surface area contributed by atoms with E-state index in [4.69, 9.17) is 0 Å². The molecule has 0 saturated heterocycles. The maximum atomic E-state index is 12.8. The lowest BCUT2D eigenvalue weighted by atomic mass is 10.1. The van der Waals surface area contributed by atoms with Crippen molar-refractivity contribution in [3.63, 3.8) is 0 Å². The molecule has 0 bridgehead atoms. The van der Waals surface area contributed by atoms with Crippen molar-refractivity contribution in [2.45, 2.75) is 26.9 Å². The van der Waals surface area contributed by atoms with Crippen LogP contribution in [0.5, 0.6) is 0 Å². The standard InChI is InChI=1S/C19H20N4O3/c1-4-22-16-11-6-5-10-15(16)20-17(22)12-21(3)19(24)14-9-7-8-13(2)18(14)23(25)26/h5-11H,4,12H2,1-3H3. The molecule has 2 aromatic carbocycles. The van der Waals surface area contributed by atoms with Crippen LogP contribution in [-0.4, -0.2) is 32.3 Å². The Morgan fingerprint density at radius 1 is 1.23 bits per heavy atom. The Balaban J connectivity index is 1.94. The summed E-state index contributed by atoms with van der Waals surface area (Å²) in [7, 11) is 1.63. The maximum absolute atomic E-state index is 12.8. The van der Waals surface area contributed by atoms with Gasteiger partial charge < -0.3 is 9.47 Å². The number of para-hydroxylation sites is 3. The SMILES string of the molecule is CCn1c(CN(C)C(=O)c2cccc(C)c2[N+](=O)[O-])nc2ccccc21. The highest BCUT2D eigenvalue weighted by atomic mass is 16.6. The third-order valence-corrected chi connectivity index (χ3v) is 4.43. The minimum absolute atomic E-state index is 0.0941. The van der Waals surface area contributed by atoms with Gasteiger partial charge in [-0.25, -0.2) is 4.98 Å². The molecular formula is C19H20N4O3. The summed E-state index contributed by atoms with van der Waals surface area (Å²) in [5.74, 6) is 0.356. The number of imidazole rings is 1. The largest absolute Gasteiger partial charge is 0.334 e. The first-order valence-corrected chi connectivity index (χ1v) is 8.37. The van der Waals surface area contributed by atoms with Gasteiger partial charge in [-0.15, -0.1) is 0 Å². The number of nitro benzene ring substituents is 1. The molecule has 0 fully saturated rings.